The van der Waals surface area contributed by atoms with E-state index in [0.29, 0.717) is 10.6 Å². The maximum atomic E-state index is 12.6. The van der Waals surface area contributed by atoms with Crippen molar-refractivity contribution in [1.82, 2.24) is 20.8 Å². The van der Waals surface area contributed by atoms with Crippen LogP contribution in [0.15, 0.2) is 48.5 Å². The fraction of sp³-hybridized carbons (Fsp3) is 0.174. The van der Waals surface area contributed by atoms with Crippen LogP contribution < -0.4 is 10.9 Å². The summed E-state index contributed by atoms with van der Waals surface area (Å²) in [7, 11) is 0. The Labute approximate surface area is 178 Å². The van der Waals surface area contributed by atoms with Crippen molar-refractivity contribution in [2.75, 3.05) is 0 Å². The van der Waals surface area contributed by atoms with Crippen LogP contribution in [0.1, 0.15) is 32.2 Å². The number of rotatable bonds is 4. The Kier molecular flexibility index (Phi) is 5.37. The fourth-order valence-corrected chi connectivity index (χ4v) is 4.39. The van der Waals surface area contributed by atoms with Gasteiger partial charge in [-0.1, -0.05) is 42.0 Å². The zero-order valence-corrected chi connectivity index (χ0v) is 17.8. The molecule has 4 rings (SSSR count). The molecule has 2 amide bonds. The number of nitrogens with one attached hydrogen (secondary N) is 3. The second kappa shape index (κ2) is 8.12. The van der Waals surface area contributed by atoms with Crippen molar-refractivity contribution in [2.24, 2.45) is 0 Å². The Balaban J connectivity index is 1.44. The summed E-state index contributed by atoms with van der Waals surface area (Å²) in [6.45, 7) is 5.76. The molecule has 0 spiro atoms. The number of fused-ring (bicyclic) bond motifs is 1. The van der Waals surface area contributed by atoms with Gasteiger partial charge in [-0.05, 0) is 38.5 Å². The number of hydrogen-bond acceptors (Lipinski definition) is 4. The number of hydrogen-bond donors (Lipinski definition) is 3. The van der Waals surface area contributed by atoms with E-state index in [-0.39, 0.29) is 18.2 Å². The molecule has 0 aliphatic heterocycles. The van der Waals surface area contributed by atoms with Gasteiger partial charge < -0.3 is 4.98 Å². The first kappa shape index (κ1) is 19.8. The molecule has 0 saturated carbocycles. The van der Waals surface area contributed by atoms with Crippen LogP contribution in [0.3, 0.4) is 0 Å². The normalized spacial score (nSPS) is 10.9. The van der Waals surface area contributed by atoms with Gasteiger partial charge in [0, 0.05) is 22.2 Å². The molecule has 7 heteroatoms. The molecule has 0 saturated heterocycles. The number of benzene rings is 2. The minimum Gasteiger partial charge on any atom is -0.358 e. The molecule has 0 bridgehead atoms. The molecule has 3 N–H and O–H groups in total. The van der Waals surface area contributed by atoms with E-state index in [2.05, 4.69) is 26.9 Å². The summed E-state index contributed by atoms with van der Waals surface area (Å²) in [5.41, 5.74) is 10.6. The minimum absolute atomic E-state index is 0.173. The summed E-state index contributed by atoms with van der Waals surface area (Å²) >= 11 is 1.30. The Morgan fingerprint density at radius 1 is 1.03 bits per heavy atom. The monoisotopic (exact) mass is 418 g/mol. The van der Waals surface area contributed by atoms with Gasteiger partial charge in [0.15, 0.2) is 0 Å². The third-order valence-electron chi connectivity index (χ3n) is 4.95. The number of thiazole rings is 1. The summed E-state index contributed by atoms with van der Waals surface area (Å²) in [6, 6.07) is 15.8. The lowest BCUT2D eigenvalue weighted by atomic mass is 10.1. The number of carbonyl (C=O) groups is 2. The third-order valence-corrected chi connectivity index (χ3v) is 6.16. The van der Waals surface area contributed by atoms with E-state index in [0.717, 1.165) is 38.3 Å². The molecule has 152 valence electrons. The average molecular weight is 419 g/mol. The van der Waals surface area contributed by atoms with E-state index in [4.69, 9.17) is 0 Å². The molecule has 0 aliphatic carbocycles. The molecule has 2 aromatic heterocycles. The molecular weight excluding hydrogens is 396 g/mol. The van der Waals surface area contributed by atoms with Crippen molar-refractivity contribution in [2.45, 2.75) is 27.2 Å². The summed E-state index contributed by atoms with van der Waals surface area (Å²) in [5.74, 6) is -0.647. The van der Waals surface area contributed by atoms with Gasteiger partial charge in [-0.25, -0.2) is 4.98 Å². The second-order valence-corrected chi connectivity index (χ2v) is 8.26. The zero-order valence-electron chi connectivity index (χ0n) is 17.0. The van der Waals surface area contributed by atoms with Gasteiger partial charge in [-0.15, -0.1) is 11.3 Å². The number of amides is 2. The van der Waals surface area contributed by atoms with Crippen LogP contribution >= 0.6 is 11.3 Å². The quantitative estimate of drug-likeness (QED) is 0.434. The van der Waals surface area contributed by atoms with Crippen LogP contribution in [-0.4, -0.2) is 21.8 Å². The molecule has 0 fully saturated rings. The number of carbonyl (C=O) groups excluding carboxylic acids is 2. The van der Waals surface area contributed by atoms with Crippen molar-refractivity contribution in [3.05, 3.63) is 75.9 Å². The SMILES string of the molecule is Cc1ccc2[nH]c(C)c(CC(=O)NNC(=O)c3sc(-c4ccccc4)nc3C)c2c1. The van der Waals surface area contributed by atoms with Gasteiger partial charge in [-0.3, -0.25) is 20.4 Å². The highest BCUT2D eigenvalue weighted by Crippen LogP contribution is 2.27. The van der Waals surface area contributed by atoms with Crippen LogP contribution in [0.4, 0.5) is 0 Å². The van der Waals surface area contributed by atoms with Gasteiger partial charge in [0.05, 0.1) is 12.1 Å². The molecular formula is C23H22N4O2S. The van der Waals surface area contributed by atoms with Crippen molar-refractivity contribution in [1.29, 1.82) is 0 Å². The first-order valence-corrected chi connectivity index (χ1v) is 10.4. The molecule has 0 aliphatic rings. The highest BCUT2D eigenvalue weighted by atomic mass is 32.1. The fourth-order valence-electron chi connectivity index (χ4n) is 3.42. The van der Waals surface area contributed by atoms with Gasteiger partial charge in [0.2, 0.25) is 5.91 Å². The van der Waals surface area contributed by atoms with Crippen molar-refractivity contribution < 1.29 is 9.59 Å². The molecule has 30 heavy (non-hydrogen) atoms. The lowest BCUT2D eigenvalue weighted by Crippen LogP contribution is -2.42. The van der Waals surface area contributed by atoms with E-state index >= 15 is 0 Å². The highest BCUT2D eigenvalue weighted by Gasteiger charge is 2.18. The van der Waals surface area contributed by atoms with Crippen LogP contribution in [0.25, 0.3) is 21.5 Å². The summed E-state index contributed by atoms with van der Waals surface area (Å²) in [6.07, 6.45) is 0.173. The van der Waals surface area contributed by atoms with Crippen molar-refractivity contribution in [3.8, 4) is 10.6 Å². The van der Waals surface area contributed by atoms with Crippen LogP contribution in [-0.2, 0) is 11.2 Å². The topological polar surface area (TPSA) is 86.9 Å². The molecule has 2 aromatic carbocycles. The van der Waals surface area contributed by atoms with E-state index in [1.807, 2.05) is 56.3 Å². The average Bonchev–Trinajstić information content (AvgIpc) is 3.27. The van der Waals surface area contributed by atoms with Crippen molar-refractivity contribution >= 4 is 34.1 Å². The zero-order chi connectivity index (χ0) is 21.3. The summed E-state index contributed by atoms with van der Waals surface area (Å²) in [5, 5.41) is 1.80. The lowest BCUT2D eigenvalue weighted by molar-refractivity contribution is -0.121. The van der Waals surface area contributed by atoms with Gasteiger partial charge in [0.1, 0.15) is 9.88 Å². The predicted molar refractivity (Wildman–Crippen MR) is 119 cm³/mol. The van der Waals surface area contributed by atoms with Crippen LogP contribution in [0.5, 0.6) is 0 Å². The lowest BCUT2D eigenvalue weighted by Gasteiger charge is -2.07. The first-order chi connectivity index (χ1) is 14.4. The summed E-state index contributed by atoms with van der Waals surface area (Å²) < 4.78 is 0. The number of aromatic nitrogens is 2. The highest BCUT2D eigenvalue weighted by molar-refractivity contribution is 7.17. The Morgan fingerprint density at radius 2 is 1.80 bits per heavy atom. The molecule has 6 nitrogen and oxygen atoms in total. The Bertz CT molecular complexity index is 1240. The number of nitrogens with zero attached hydrogens (tertiary/aromatic N) is 1. The molecule has 4 aromatic rings. The molecule has 0 atom stereocenters. The standard InChI is InChI=1S/C23H22N4O2S/c1-13-9-10-19-18(11-13)17(14(2)24-19)12-20(28)26-27-22(29)21-15(3)25-23(30-21)16-7-5-4-6-8-16/h4-11,24H,12H2,1-3H3,(H,26,28)(H,27,29). The molecule has 0 radical (unpaired) electrons. The van der Waals surface area contributed by atoms with Crippen LogP contribution in [0.2, 0.25) is 0 Å². The minimum atomic E-state index is -0.368. The predicted octanol–water partition coefficient (Wildman–Crippen LogP) is 4.22. The molecule has 2 heterocycles. The van der Waals surface area contributed by atoms with Crippen LogP contribution in [0, 0.1) is 20.8 Å². The third kappa shape index (κ3) is 3.97. The smallest absolute Gasteiger partial charge is 0.281 e. The van der Waals surface area contributed by atoms with Gasteiger partial charge in [0.25, 0.3) is 5.91 Å². The van der Waals surface area contributed by atoms with Crippen molar-refractivity contribution in [3.63, 3.8) is 0 Å². The maximum Gasteiger partial charge on any atom is 0.281 e. The first-order valence-electron chi connectivity index (χ1n) is 9.62. The Morgan fingerprint density at radius 3 is 2.57 bits per heavy atom. The van der Waals surface area contributed by atoms with E-state index < -0.39 is 0 Å². The van der Waals surface area contributed by atoms with Gasteiger partial charge >= 0.3 is 0 Å². The van der Waals surface area contributed by atoms with E-state index in [9.17, 15) is 9.59 Å². The Hall–Kier alpha value is -3.45. The van der Waals surface area contributed by atoms with E-state index in [1.54, 1.807) is 6.92 Å². The number of hydrazine groups is 1. The second-order valence-electron chi connectivity index (χ2n) is 7.26. The maximum absolute atomic E-state index is 12.6. The van der Waals surface area contributed by atoms with E-state index in [1.165, 1.54) is 11.3 Å². The largest absolute Gasteiger partial charge is 0.358 e. The summed E-state index contributed by atoms with van der Waals surface area (Å²) in [4.78, 5) is 33.3. The van der Waals surface area contributed by atoms with Gasteiger partial charge in [-0.2, -0.15) is 0 Å². The number of aromatic amines is 1. The number of H-pyrrole nitrogens is 1. The molecule has 0 unspecified atom stereocenters. The number of aryl methyl sites for hydroxylation is 3.